The fourth-order valence-electron chi connectivity index (χ4n) is 3.80. The number of carbonyl (C=O) groups is 1. The van der Waals surface area contributed by atoms with Crippen LogP contribution in [0.5, 0.6) is 5.75 Å². The lowest BCUT2D eigenvalue weighted by Crippen LogP contribution is -2.38. The number of nitrogens with one attached hydrogen (secondary N) is 2. The average molecular weight is 550 g/mol. The first kappa shape index (κ1) is 26.0. The van der Waals surface area contributed by atoms with E-state index in [1.807, 2.05) is 36.1 Å². The first-order valence-electron chi connectivity index (χ1n) is 11.1. The van der Waals surface area contributed by atoms with Crippen LogP contribution in [0.2, 0.25) is 0 Å². The van der Waals surface area contributed by atoms with Gasteiger partial charge in [0.25, 0.3) is 5.91 Å². The van der Waals surface area contributed by atoms with Gasteiger partial charge in [-0.15, -0.1) is 24.0 Å². The van der Waals surface area contributed by atoms with E-state index in [1.54, 1.807) is 14.2 Å². The summed E-state index contributed by atoms with van der Waals surface area (Å²) in [5.41, 5.74) is 4.24. The van der Waals surface area contributed by atoms with Crippen LogP contribution < -0.4 is 15.4 Å². The predicted molar refractivity (Wildman–Crippen MR) is 141 cm³/mol. The molecule has 6 nitrogen and oxygen atoms in total. The number of aryl methyl sites for hydroxylation is 1. The van der Waals surface area contributed by atoms with Crippen molar-refractivity contribution in [2.45, 2.75) is 39.2 Å². The number of likely N-dealkylation sites (tertiary alicyclic amines) is 1. The molecule has 2 aromatic rings. The Kier molecular flexibility index (Phi) is 10.8. The van der Waals surface area contributed by atoms with E-state index in [-0.39, 0.29) is 29.9 Å². The maximum Gasteiger partial charge on any atom is 0.253 e. The van der Waals surface area contributed by atoms with Crippen molar-refractivity contribution < 1.29 is 9.53 Å². The van der Waals surface area contributed by atoms with Crippen molar-refractivity contribution >= 4 is 35.8 Å². The number of halogens is 1. The molecule has 1 amide bonds. The Hall–Kier alpha value is -2.29. The van der Waals surface area contributed by atoms with Crippen molar-refractivity contribution in [2.75, 3.05) is 33.8 Å². The predicted octanol–water partition coefficient (Wildman–Crippen LogP) is 4.16. The highest BCUT2D eigenvalue weighted by Gasteiger charge is 2.17. The number of hydrogen-bond donors (Lipinski definition) is 2. The Morgan fingerprint density at radius 3 is 2.38 bits per heavy atom. The second-order valence-electron chi connectivity index (χ2n) is 7.96. The highest BCUT2D eigenvalue weighted by molar-refractivity contribution is 14.0. The zero-order valence-corrected chi connectivity index (χ0v) is 21.6. The summed E-state index contributed by atoms with van der Waals surface area (Å²) in [5.74, 6) is 1.82. The van der Waals surface area contributed by atoms with E-state index in [4.69, 9.17) is 4.74 Å². The highest BCUT2D eigenvalue weighted by Crippen LogP contribution is 2.19. The summed E-state index contributed by atoms with van der Waals surface area (Å²) in [6.45, 7) is 5.22. The minimum Gasteiger partial charge on any atom is -0.496 e. The minimum atomic E-state index is 0. The fraction of sp³-hybridized carbons (Fsp3) is 0.440. The molecule has 32 heavy (non-hydrogen) atoms. The molecule has 0 bridgehead atoms. The van der Waals surface area contributed by atoms with E-state index in [0.717, 1.165) is 67.3 Å². The van der Waals surface area contributed by atoms with Crippen LogP contribution in [-0.2, 0) is 13.0 Å². The van der Waals surface area contributed by atoms with Crippen molar-refractivity contribution in [3.63, 3.8) is 0 Å². The monoisotopic (exact) mass is 550 g/mol. The third-order valence-electron chi connectivity index (χ3n) is 5.71. The van der Waals surface area contributed by atoms with Crippen molar-refractivity contribution in [3.8, 4) is 5.75 Å². The molecule has 1 saturated heterocycles. The lowest BCUT2D eigenvalue weighted by molar-refractivity contribution is 0.0724. The number of methoxy groups -OCH3 is 1. The van der Waals surface area contributed by atoms with E-state index in [1.165, 1.54) is 12.0 Å². The largest absolute Gasteiger partial charge is 0.496 e. The number of piperidine rings is 1. The average Bonchev–Trinajstić information content (AvgIpc) is 2.82. The zero-order valence-electron chi connectivity index (χ0n) is 19.3. The summed E-state index contributed by atoms with van der Waals surface area (Å²) in [6, 6.07) is 14.2. The fourth-order valence-corrected chi connectivity index (χ4v) is 3.80. The van der Waals surface area contributed by atoms with E-state index in [0.29, 0.717) is 6.54 Å². The van der Waals surface area contributed by atoms with Gasteiger partial charge in [-0.25, -0.2) is 0 Å². The molecule has 1 aliphatic rings. The second kappa shape index (κ2) is 13.3. The molecule has 1 heterocycles. The number of nitrogens with zero attached hydrogens (tertiary/aromatic N) is 2. The molecular weight excluding hydrogens is 515 g/mol. The Bertz CT molecular complexity index is 893. The van der Waals surface area contributed by atoms with Crippen LogP contribution in [0.1, 0.15) is 46.3 Å². The van der Waals surface area contributed by atoms with Gasteiger partial charge in [0, 0.05) is 38.8 Å². The summed E-state index contributed by atoms with van der Waals surface area (Å²) in [5, 5.41) is 6.68. The SMILES string of the molecule is CN=C(NCCc1ccc(C)c(OC)c1)NCc1ccc(C(=O)N2CCCCC2)cc1.I. The summed E-state index contributed by atoms with van der Waals surface area (Å²) in [7, 11) is 3.47. The molecule has 0 saturated carbocycles. The van der Waals surface area contributed by atoms with Crippen molar-refractivity contribution in [2.24, 2.45) is 4.99 Å². The third kappa shape index (κ3) is 7.39. The lowest BCUT2D eigenvalue weighted by Gasteiger charge is -2.26. The molecule has 0 atom stereocenters. The van der Waals surface area contributed by atoms with Gasteiger partial charge >= 0.3 is 0 Å². The van der Waals surface area contributed by atoms with Gasteiger partial charge < -0.3 is 20.3 Å². The van der Waals surface area contributed by atoms with Gasteiger partial charge in [0.2, 0.25) is 0 Å². The Balaban J connectivity index is 0.00000363. The summed E-state index contributed by atoms with van der Waals surface area (Å²) in [4.78, 5) is 18.9. The normalized spacial score (nSPS) is 13.8. The van der Waals surface area contributed by atoms with Crippen LogP contribution in [0.3, 0.4) is 0 Å². The molecule has 2 aromatic carbocycles. The first-order valence-corrected chi connectivity index (χ1v) is 11.1. The molecule has 174 valence electrons. The summed E-state index contributed by atoms with van der Waals surface area (Å²) in [6.07, 6.45) is 4.32. The molecule has 0 aliphatic carbocycles. The van der Waals surface area contributed by atoms with Crippen LogP contribution in [0.15, 0.2) is 47.5 Å². The Labute approximate surface area is 208 Å². The number of carbonyl (C=O) groups excluding carboxylic acids is 1. The van der Waals surface area contributed by atoms with Gasteiger partial charge in [-0.3, -0.25) is 9.79 Å². The molecule has 2 N–H and O–H groups in total. The number of aliphatic imine (C=N–C) groups is 1. The molecule has 7 heteroatoms. The molecular formula is C25H35IN4O2. The minimum absolute atomic E-state index is 0. The van der Waals surface area contributed by atoms with Gasteiger partial charge in [-0.2, -0.15) is 0 Å². The van der Waals surface area contributed by atoms with Crippen molar-refractivity contribution in [3.05, 3.63) is 64.7 Å². The van der Waals surface area contributed by atoms with Crippen LogP contribution in [-0.4, -0.2) is 50.6 Å². The van der Waals surface area contributed by atoms with Crippen molar-refractivity contribution in [1.29, 1.82) is 0 Å². The maximum atomic E-state index is 12.6. The summed E-state index contributed by atoms with van der Waals surface area (Å²) >= 11 is 0. The zero-order chi connectivity index (χ0) is 22.1. The maximum absolute atomic E-state index is 12.6. The lowest BCUT2D eigenvalue weighted by atomic mass is 10.1. The van der Waals surface area contributed by atoms with Crippen molar-refractivity contribution in [1.82, 2.24) is 15.5 Å². The number of hydrogen-bond acceptors (Lipinski definition) is 3. The van der Waals surface area contributed by atoms with Crippen LogP contribution in [0.25, 0.3) is 0 Å². The van der Waals surface area contributed by atoms with E-state index in [2.05, 4.69) is 33.8 Å². The van der Waals surface area contributed by atoms with Crippen LogP contribution in [0.4, 0.5) is 0 Å². The quantitative estimate of drug-likeness (QED) is 0.309. The molecule has 0 spiro atoms. The van der Waals surface area contributed by atoms with Gasteiger partial charge in [0.1, 0.15) is 5.75 Å². The molecule has 0 aromatic heterocycles. The summed E-state index contributed by atoms with van der Waals surface area (Å²) < 4.78 is 5.40. The van der Waals surface area contributed by atoms with E-state index >= 15 is 0 Å². The number of rotatable bonds is 7. The van der Waals surface area contributed by atoms with E-state index in [9.17, 15) is 4.79 Å². The number of amides is 1. The standard InChI is InChI=1S/C25H34N4O2.HI/c1-19-7-8-20(17-23(19)31-3)13-14-27-25(26-2)28-18-21-9-11-22(12-10-21)24(30)29-15-5-4-6-16-29;/h7-12,17H,4-6,13-16,18H2,1-3H3,(H2,26,27,28);1H. The molecule has 0 unspecified atom stereocenters. The first-order chi connectivity index (χ1) is 15.1. The molecule has 1 aliphatic heterocycles. The Morgan fingerprint density at radius 1 is 1.03 bits per heavy atom. The van der Waals surface area contributed by atoms with Gasteiger partial charge in [-0.05, 0) is 67.5 Å². The number of benzene rings is 2. The second-order valence-corrected chi connectivity index (χ2v) is 7.96. The van der Waals surface area contributed by atoms with Crippen LogP contribution in [0, 0.1) is 6.92 Å². The highest BCUT2D eigenvalue weighted by atomic mass is 127. The molecule has 0 radical (unpaired) electrons. The van der Waals surface area contributed by atoms with E-state index < -0.39 is 0 Å². The van der Waals surface area contributed by atoms with Crippen LogP contribution >= 0.6 is 24.0 Å². The molecule has 3 rings (SSSR count). The number of guanidine groups is 1. The Morgan fingerprint density at radius 2 is 1.72 bits per heavy atom. The third-order valence-corrected chi connectivity index (χ3v) is 5.71. The van der Waals surface area contributed by atoms with Gasteiger partial charge in [-0.1, -0.05) is 24.3 Å². The smallest absolute Gasteiger partial charge is 0.253 e. The topological polar surface area (TPSA) is 66.0 Å². The van der Waals surface area contributed by atoms with Gasteiger partial charge in [0.05, 0.1) is 7.11 Å². The number of ether oxygens (including phenoxy) is 1. The molecule has 1 fully saturated rings. The van der Waals surface area contributed by atoms with Gasteiger partial charge in [0.15, 0.2) is 5.96 Å².